The SMILES string of the molecule is CCC(c1nnc(SCC(=O)NCc2ccc3c(c2)OCO3)n1Cc1ccccc1)N(C)C. The molecule has 0 saturated carbocycles. The molecule has 0 radical (unpaired) electrons. The van der Waals surface area contributed by atoms with E-state index in [1.807, 2.05) is 50.5 Å². The predicted molar refractivity (Wildman–Crippen MR) is 127 cm³/mol. The molecule has 3 aromatic rings. The first-order valence-corrected chi connectivity index (χ1v) is 11.9. The molecule has 8 nitrogen and oxygen atoms in total. The van der Waals surface area contributed by atoms with Crippen LogP contribution in [0.15, 0.2) is 53.7 Å². The Morgan fingerprint density at radius 2 is 1.91 bits per heavy atom. The van der Waals surface area contributed by atoms with E-state index in [0.29, 0.717) is 18.8 Å². The zero-order chi connectivity index (χ0) is 23.2. The van der Waals surface area contributed by atoms with Gasteiger partial charge in [-0.25, -0.2) is 0 Å². The second-order valence-corrected chi connectivity index (χ2v) is 9.00. The Morgan fingerprint density at radius 3 is 2.67 bits per heavy atom. The normalized spacial score (nSPS) is 13.3. The van der Waals surface area contributed by atoms with Gasteiger partial charge in [-0.2, -0.15) is 0 Å². The number of thioether (sulfide) groups is 1. The molecular formula is C24H29N5O3S. The molecule has 33 heavy (non-hydrogen) atoms. The van der Waals surface area contributed by atoms with Gasteiger partial charge < -0.3 is 19.4 Å². The molecule has 1 atom stereocenters. The number of benzene rings is 2. The van der Waals surface area contributed by atoms with Crippen molar-refractivity contribution in [3.05, 3.63) is 65.5 Å². The predicted octanol–water partition coefficient (Wildman–Crippen LogP) is 3.48. The van der Waals surface area contributed by atoms with Crippen molar-refractivity contribution in [1.29, 1.82) is 0 Å². The minimum Gasteiger partial charge on any atom is -0.454 e. The van der Waals surface area contributed by atoms with Gasteiger partial charge in [-0.1, -0.05) is 55.1 Å². The molecule has 0 saturated heterocycles. The van der Waals surface area contributed by atoms with Crippen LogP contribution in [-0.4, -0.2) is 52.2 Å². The number of nitrogens with zero attached hydrogens (tertiary/aromatic N) is 4. The van der Waals surface area contributed by atoms with Crippen molar-refractivity contribution in [3.63, 3.8) is 0 Å². The van der Waals surface area contributed by atoms with Gasteiger partial charge in [-0.15, -0.1) is 10.2 Å². The Balaban J connectivity index is 1.42. The number of hydrogen-bond acceptors (Lipinski definition) is 7. The van der Waals surface area contributed by atoms with Crippen LogP contribution in [0.5, 0.6) is 11.5 Å². The van der Waals surface area contributed by atoms with E-state index in [4.69, 9.17) is 9.47 Å². The molecule has 1 unspecified atom stereocenters. The van der Waals surface area contributed by atoms with Gasteiger partial charge in [0.05, 0.1) is 18.3 Å². The zero-order valence-electron chi connectivity index (χ0n) is 19.2. The van der Waals surface area contributed by atoms with E-state index in [2.05, 4.69) is 44.0 Å². The van der Waals surface area contributed by atoms with Gasteiger partial charge in [0.2, 0.25) is 12.7 Å². The standard InChI is InChI=1S/C24H29N5O3S/c1-4-19(28(2)3)23-26-27-24(29(23)14-17-8-6-5-7-9-17)33-15-22(30)25-13-18-10-11-20-21(12-18)32-16-31-20/h5-12,19H,4,13-16H2,1-3H3,(H,25,30). The molecule has 1 aliphatic rings. The minimum atomic E-state index is -0.0619. The molecular weight excluding hydrogens is 438 g/mol. The van der Waals surface area contributed by atoms with Crippen LogP contribution in [0.4, 0.5) is 0 Å². The van der Waals surface area contributed by atoms with Crippen molar-refractivity contribution in [2.24, 2.45) is 0 Å². The van der Waals surface area contributed by atoms with Crippen LogP contribution in [0.1, 0.15) is 36.3 Å². The first-order chi connectivity index (χ1) is 16.0. The van der Waals surface area contributed by atoms with Gasteiger partial charge in [0.15, 0.2) is 22.5 Å². The fourth-order valence-electron chi connectivity index (χ4n) is 3.78. The second kappa shape index (κ2) is 10.7. The third kappa shape index (κ3) is 5.66. The number of carbonyl (C=O) groups excluding carboxylic acids is 1. The van der Waals surface area contributed by atoms with E-state index in [1.54, 1.807) is 0 Å². The van der Waals surface area contributed by atoms with E-state index < -0.39 is 0 Å². The van der Waals surface area contributed by atoms with Crippen LogP contribution >= 0.6 is 11.8 Å². The number of aromatic nitrogens is 3. The second-order valence-electron chi connectivity index (χ2n) is 8.05. The van der Waals surface area contributed by atoms with Crippen molar-refractivity contribution < 1.29 is 14.3 Å². The van der Waals surface area contributed by atoms with Gasteiger partial charge in [-0.3, -0.25) is 9.69 Å². The average molecular weight is 468 g/mol. The van der Waals surface area contributed by atoms with Crippen molar-refractivity contribution in [1.82, 2.24) is 25.0 Å². The van der Waals surface area contributed by atoms with Gasteiger partial charge >= 0.3 is 0 Å². The molecule has 1 amide bonds. The molecule has 2 aromatic carbocycles. The van der Waals surface area contributed by atoms with Crippen LogP contribution in [0.3, 0.4) is 0 Å². The van der Waals surface area contributed by atoms with E-state index in [1.165, 1.54) is 17.3 Å². The lowest BCUT2D eigenvalue weighted by molar-refractivity contribution is -0.118. The summed E-state index contributed by atoms with van der Waals surface area (Å²) >= 11 is 1.40. The lowest BCUT2D eigenvalue weighted by atomic mass is 10.2. The smallest absolute Gasteiger partial charge is 0.231 e. The molecule has 4 rings (SSSR count). The summed E-state index contributed by atoms with van der Waals surface area (Å²) in [6, 6.07) is 16.1. The number of hydrogen-bond donors (Lipinski definition) is 1. The third-order valence-electron chi connectivity index (χ3n) is 5.50. The van der Waals surface area contributed by atoms with E-state index in [9.17, 15) is 4.79 Å². The monoisotopic (exact) mass is 467 g/mol. The highest BCUT2D eigenvalue weighted by atomic mass is 32.2. The molecule has 0 spiro atoms. The maximum atomic E-state index is 12.5. The topological polar surface area (TPSA) is 81.5 Å². The Labute approximate surface area is 198 Å². The lowest BCUT2D eigenvalue weighted by Crippen LogP contribution is -2.25. The highest BCUT2D eigenvalue weighted by Gasteiger charge is 2.22. The van der Waals surface area contributed by atoms with Gasteiger partial charge in [0, 0.05) is 6.54 Å². The van der Waals surface area contributed by atoms with Gasteiger partial charge in [0.25, 0.3) is 0 Å². The number of rotatable bonds is 10. The summed E-state index contributed by atoms with van der Waals surface area (Å²) in [5.74, 6) is 2.56. The van der Waals surface area contributed by atoms with E-state index in [-0.39, 0.29) is 24.5 Å². The Morgan fingerprint density at radius 1 is 1.12 bits per heavy atom. The largest absolute Gasteiger partial charge is 0.454 e. The summed E-state index contributed by atoms with van der Waals surface area (Å²) in [4.78, 5) is 14.7. The van der Waals surface area contributed by atoms with Gasteiger partial charge in [-0.05, 0) is 43.8 Å². The van der Waals surface area contributed by atoms with E-state index >= 15 is 0 Å². The van der Waals surface area contributed by atoms with Crippen LogP contribution in [-0.2, 0) is 17.9 Å². The zero-order valence-corrected chi connectivity index (χ0v) is 20.0. The number of amides is 1. The molecule has 1 aliphatic heterocycles. The van der Waals surface area contributed by atoms with Crippen LogP contribution in [0.25, 0.3) is 0 Å². The first-order valence-electron chi connectivity index (χ1n) is 11.0. The molecule has 1 N–H and O–H groups in total. The lowest BCUT2D eigenvalue weighted by Gasteiger charge is -2.23. The minimum absolute atomic E-state index is 0.0619. The van der Waals surface area contributed by atoms with Crippen LogP contribution in [0, 0.1) is 0 Å². The molecule has 0 bridgehead atoms. The Hall–Kier alpha value is -3.04. The number of carbonyl (C=O) groups is 1. The quantitative estimate of drug-likeness (QED) is 0.457. The van der Waals surface area contributed by atoms with Crippen molar-refractivity contribution >= 4 is 17.7 Å². The molecule has 9 heteroatoms. The van der Waals surface area contributed by atoms with Crippen LogP contribution in [0.2, 0.25) is 0 Å². The molecule has 2 heterocycles. The summed E-state index contributed by atoms with van der Waals surface area (Å²) in [5, 5.41) is 12.6. The molecule has 0 aliphatic carbocycles. The van der Waals surface area contributed by atoms with Crippen molar-refractivity contribution in [2.75, 3.05) is 26.6 Å². The third-order valence-corrected chi connectivity index (χ3v) is 6.46. The summed E-state index contributed by atoms with van der Waals surface area (Å²) in [6.07, 6.45) is 0.917. The van der Waals surface area contributed by atoms with E-state index in [0.717, 1.165) is 28.7 Å². The first kappa shape index (κ1) is 23.1. The molecule has 0 fully saturated rings. The van der Waals surface area contributed by atoms with Gasteiger partial charge in [0.1, 0.15) is 0 Å². The summed E-state index contributed by atoms with van der Waals surface area (Å²) < 4.78 is 12.9. The number of ether oxygens (including phenoxy) is 2. The average Bonchev–Trinajstić information content (AvgIpc) is 3.44. The molecule has 174 valence electrons. The highest BCUT2D eigenvalue weighted by molar-refractivity contribution is 7.99. The maximum absolute atomic E-state index is 12.5. The number of fused-ring (bicyclic) bond motifs is 1. The fraction of sp³-hybridized carbons (Fsp3) is 0.375. The summed E-state index contributed by atoms with van der Waals surface area (Å²) in [5.41, 5.74) is 2.13. The van der Waals surface area contributed by atoms with Crippen LogP contribution < -0.4 is 14.8 Å². The maximum Gasteiger partial charge on any atom is 0.231 e. The fourth-order valence-corrected chi connectivity index (χ4v) is 4.55. The Kier molecular flexibility index (Phi) is 7.51. The van der Waals surface area contributed by atoms with Crippen molar-refractivity contribution in [3.8, 4) is 11.5 Å². The number of nitrogens with one attached hydrogen (secondary N) is 1. The Bertz CT molecular complexity index is 1090. The molecule has 1 aromatic heterocycles. The van der Waals surface area contributed by atoms with Crippen molar-refractivity contribution in [2.45, 2.75) is 37.6 Å². The summed E-state index contributed by atoms with van der Waals surface area (Å²) in [7, 11) is 4.10. The summed E-state index contributed by atoms with van der Waals surface area (Å²) in [6.45, 7) is 3.47. The highest BCUT2D eigenvalue weighted by Crippen LogP contribution is 2.32.